The lowest BCUT2D eigenvalue weighted by Gasteiger charge is -2.08. The van der Waals surface area contributed by atoms with E-state index in [2.05, 4.69) is 27.4 Å². The number of nitrogens with two attached hydrogens (primary N) is 1. The average molecular weight is 232 g/mol. The van der Waals surface area contributed by atoms with Crippen LogP contribution in [0.1, 0.15) is 18.4 Å². The minimum atomic E-state index is 0.364. The van der Waals surface area contributed by atoms with Gasteiger partial charge in [-0.1, -0.05) is 0 Å². The van der Waals surface area contributed by atoms with Crippen LogP contribution in [0.25, 0.3) is 0 Å². The highest BCUT2D eigenvalue weighted by atomic mass is 79.9. The first-order valence-corrected chi connectivity index (χ1v) is 5.39. The third kappa shape index (κ3) is 1.25. The molecule has 1 aliphatic rings. The molecule has 1 heterocycles. The van der Waals surface area contributed by atoms with Crippen molar-refractivity contribution >= 4 is 27.3 Å². The summed E-state index contributed by atoms with van der Waals surface area (Å²) in [6.07, 6.45) is 2.54. The van der Waals surface area contributed by atoms with E-state index in [0.717, 1.165) is 6.54 Å². The summed E-state index contributed by atoms with van der Waals surface area (Å²) in [5.74, 6) is 0. The van der Waals surface area contributed by atoms with E-state index >= 15 is 0 Å². The van der Waals surface area contributed by atoms with Gasteiger partial charge in [0.05, 0.1) is 3.79 Å². The zero-order valence-corrected chi connectivity index (χ0v) is 8.54. The van der Waals surface area contributed by atoms with E-state index in [1.807, 2.05) is 0 Å². The van der Waals surface area contributed by atoms with Crippen LogP contribution < -0.4 is 5.73 Å². The van der Waals surface area contributed by atoms with Crippen molar-refractivity contribution in [1.29, 1.82) is 0 Å². The van der Waals surface area contributed by atoms with E-state index in [4.69, 9.17) is 5.73 Å². The molecule has 0 aliphatic heterocycles. The van der Waals surface area contributed by atoms with E-state index in [-0.39, 0.29) is 0 Å². The molecule has 1 aliphatic carbocycles. The molecular formula is C8H10BrNS. The zero-order chi connectivity index (χ0) is 7.90. The van der Waals surface area contributed by atoms with Crippen LogP contribution in [0.4, 0.5) is 0 Å². The number of thiophene rings is 1. The van der Waals surface area contributed by atoms with Crippen LogP contribution in [0.2, 0.25) is 0 Å². The monoisotopic (exact) mass is 231 g/mol. The number of halogens is 1. The molecule has 0 radical (unpaired) electrons. The number of hydrogen-bond donors (Lipinski definition) is 1. The highest BCUT2D eigenvalue weighted by Gasteiger charge is 2.43. The average Bonchev–Trinajstić information content (AvgIpc) is 2.70. The van der Waals surface area contributed by atoms with Crippen molar-refractivity contribution in [2.24, 2.45) is 5.73 Å². The standard InChI is InChI=1S/C8H10BrNS/c9-7-3-6(4-11-7)8(5-10)1-2-8/h3-4H,1-2,5,10H2. The van der Waals surface area contributed by atoms with E-state index < -0.39 is 0 Å². The molecule has 1 fully saturated rings. The number of rotatable bonds is 2. The maximum Gasteiger partial charge on any atom is 0.0701 e. The fourth-order valence-corrected chi connectivity index (χ4v) is 2.63. The van der Waals surface area contributed by atoms with Crippen molar-refractivity contribution in [2.45, 2.75) is 18.3 Å². The second-order valence-corrected chi connectivity index (χ2v) is 5.41. The molecule has 60 valence electrons. The van der Waals surface area contributed by atoms with Gasteiger partial charge in [0.15, 0.2) is 0 Å². The Balaban J connectivity index is 2.29. The molecule has 0 aromatic carbocycles. The summed E-state index contributed by atoms with van der Waals surface area (Å²) in [5, 5.41) is 2.21. The van der Waals surface area contributed by atoms with Gasteiger partial charge in [-0.3, -0.25) is 0 Å². The second-order valence-electron chi connectivity index (χ2n) is 3.12. The fraction of sp³-hybridized carbons (Fsp3) is 0.500. The first-order chi connectivity index (χ1) is 5.27. The molecule has 0 atom stereocenters. The van der Waals surface area contributed by atoms with E-state index in [1.165, 1.54) is 22.2 Å². The van der Waals surface area contributed by atoms with Gasteiger partial charge in [-0.05, 0) is 45.8 Å². The van der Waals surface area contributed by atoms with Crippen molar-refractivity contribution in [3.8, 4) is 0 Å². The van der Waals surface area contributed by atoms with E-state index in [0.29, 0.717) is 5.41 Å². The van der Waals surface area contributed by atoms with Gasteiger partial charge in [0.1, 0.15) is 0 Å². The highest BCUT2D eigenvalue weighted by Crippen LogP contribution is 2.48. The third-order valence-corrected chi connectivity index (χ3v) is 3.93. The molecule has 1 saturated carbocycles. The third-order valence-electron chi connectivity index (χ3n) is 2.42. The summed E-state index contributed by atoms with van der Waals surface area (Å²) in [6, 6.07) is 2.20. The molecular weight excluding hydrogens is 222 g/mol. The summed E-state index contributed by atoms with van der Waals surface area (Å²) in [6.45, 7) is 0.802. The molecule has 1 nitrogen and oxygen atoms in total. The second kappa shape index (κ2) is 2.57. The minimum Gasteiger partial charge on any atom is -0.330 e. The Bertz CT molecular complexity index is 265. The lowest BCUT2D eigenvalue weighted by Crippen LogP contribution is -2.18. The maximum absolute atomic E-state index is 5.70. The van der Waals surface area contributed by atoms with Gasteiger partial charge in [-0.2, -0.15) is 0 Å². The molecule has 0 saturated heterocycles. The Kier molecular flexibility index (Phi) is 1.82. The zero-order valence-electron chi connectivity index (χ0n) is 6.14. The van der Waals surface area contributed by atoms with Gasteiger partial charge >= 0.3 is 0 Å². The van der Waals surface area contributed by atoms with E-state index in [9.17, 15) is 0 Å². The van der Waals surface area contributed by atoms with Crippen molar-refractivity contribution in [3.05, 3.63) is 20.8 Å². The molecule has 1 aromatic rings. The van der Waals surface area contributed by atoms with Crippen molar-refractivity contribution in [3.63, 3.8) is 0 Å². The SMILES string of the molecule is NCC1(c2csc(Br)c2)CC1. The van der Waals surface area contributed by atoms with Crippen molar-refractivity contribution in [1.82, 2.24) is 0 Å². The summed E-state index contributed by atoms with van der Waals surface area (Å²) in [4.78, 5) is 0. The topological polar surface area (TPSA) is 26.0 Å². The Morgan fingerprint density at radius 1 is 1.64 bits per heavy atom. The quantitative estimate of drug-likeness (QED) is 0.832. The molecule has 0 unspecified atom stereocenters. The Hall–Kier alpha value is 0.140. The largest absolute Gasteiger partial charge is 0.330 e. The molecule has 0 spiro atoms. The van der Waals surface area contributed by atoms with Crippen LogP contribution in [0.3, 0.4) is 0 Å². The molecule has 0 bridgehead atoms. The summed E-state index contributed by atoms with van der Waals surface area (Å²) in [5.41, 5.74) is 7.49. The lowest BCUT2D eigenvalue weighted by molar-refractivity contribution is 0.708. The molecule has 2 N–H and O–H groups in total. The first kappa shape index (κ1) is 7.77. The molecule has 3 heteroatoms. The Morgan fingerprint density at radius 2 is 2.36 bits per heavy atom. The summed E-state index contributed by atoms with van der Waals surface area (Å²) in [7, 11) is 0. The molecule has 0 amide bonds. The maximum atomic E-state index is 5.70. The predicted octanol–water partition coefficient (Wildman–Crippen LogP) is 2.50. The van der Waals surface area contributed by atoms with Gasteiger partial charge < -0.3 is 5.73 Å². The van der Waals surface area contributed by atoms with Crippen LogP contribution in [0, 0.1) is 0 Å². The van der Waals surface area contributed by atoms with Crippen LogP contribution >= 0.6 is 27.3 Å². The van der Waals surface area contributed by atoms with Gasteiger partial charge in [-0.25, -0.2) is 0 Å². The van der Waals surface area contributed by atoms with Crippen molar-refractivity contribution < 1.29 is 0 Å². The van der Waals surface area contributed by atoms with Crippen LogP contribution in [0.5, 0.6) is 0 Å². The number of hydrogen-bond acceptors (Lipinski definition) is 2. The minimum absolute atomic E-state index is 0.364. The Morgan fingerprint density at radius 3 is 2.73 bits per heavy atom. The van der Waals surface area contributed by atoms with Crippen LogP contribution in [-0.4, -0.2) is 6.54 Å². The van der Waals surface area contributed by atoms with Gasteiger partial charge in [0.25, 0.3) is 0 Å². The highest BCUT2D eigenvalue weighted by molar-refractivity contribution is 9.11. The van der Waals surface area contributed by atoms with Gasteiger partial charge in [-0.15, -0.1) is 11.3 Å². The summed E-state index contributed by atoms with van der Waals surface area (Å²) >= 11 is 5.21. The van der Waals surface area contributed by atoms with Crippen LogP contribution in [0.15, 0.2) is 15.2 Å². The lowest BCUT2D eigenvalue weighted by atomic mass is 10.0. The smallest absolute Gasteiger partial charge is 0.0701 e. The fourth-order valence-electron chi connectivity index (χ4n) is 1.35. The molecule has 11 heavy (non-hydrogen) atoms. The molecule has 1 aromatic heterocycles. The van der Waals surface area contributed by atoms with Crippen molar-refractivity contribution in [2.75, 3.05) is 6.54 Å². The van der Waals surface area contributed by atoms with Gasteiger partial charge in [0.2, 0.25) is 0 Å². The first-order valence-electron chi connectivity index (χ1n) is 3.71. The normalized spacial score (nSPS) is 20.2. The Labute approximate surface area is 78.7 Å². The predicted molar refractivity (Wildman–Crippen MR) is 52.0 cm³/mol. The van der Waals surface area contributed by atoms with Crippen LogP contribution in [-0.2, 0) is 5.41 Å². The van der Waals surface area contributed by atoms with E-state index in [1.54, 1.807) is 11.3 Å². The molecule has 2 rings (SSSR count). The van der Waals surface area contributed by atoms with Gasteiger partial charge in [0, 0.05) is 12.0 Å². The summed E-state index contributed by atoms with van der Waals surface area (Å²) < 4.78 is 1.22.